The van der Waals surface area contributed by atoms with E-state index >= 15 is 0 Å². The zero-order valence-corrected chi connectivity index (χ0v) is 17.0. The SMILES string of the molecule is CC.Cc1cc(NCC2=CC=CC(C)C2)c2sc(CCN)c(C)c2n1. The van der Waals surface area contributed by atoms with Crippen LogP contribution in [0.25, 0.3) is 10.2 Å². The van der Waals surface area contributed by atoms with Crippen LogP contribution in [-0.2, 0) is 6.42 Å². The fraction of sp³-hybridized carbons (Fsp3) is 0.476. The van der Waals surface area contributed by atoms with Gasteiger partial charge < -0.3 is 11.1 Å². The van der Waals surface area contributed by atoms with Crippen LogP contribution in [0.15, 0.2) is 29.9 Å². The number of aromatic nitrogens is 1. The molecule has 1 unspecified atom stereocenters. The molecule has 4 heteroatoms. The van der Waals surface area contributed by atoms with Gasteiger partial charge in [-0.1, -0.05) is 44.6 Å². The van der Waals surface area contributed by atoms with Crippen molar-refractivity contribution in [3.05, 3.63) is 46.0 Å². The summed E-state index contributed by atoms with van der Waals surface area (Å²) in [6.07, 6.45) is 8.74. The van der Waals surface area contributed by atoms with Gasteiger partial charge >= 0.3 is 0 Å². The number of nitrogens with two attached hydrogens (primary N) is 1. The number of hydrogen-bond acceptors (Lipinski definition) is 4. The predicted octanol–water partition coefficient (Wildman–Crippen LogP) is 5.37. The van der Waals surface area contributed by atoms with Crippen LogP contribution in [0, 0.1) is 19.8 Å². The molecule has 1 atom stereocenters. The van der Waals surface area contributed by atoms with E-state index in [2.05, 4.69) is 50.4 Å². The van der Waals surface area contributed by atoms with E-state index in [9.17, 15) is 0 Å². The molecule has 0 radical (unpaired) electrons. The van der Waals surface area contributed by atoms with Crippen molar-refractivity contribution in [2.75, 3.05) is 18.4 Å². The minimum absolute atomic E-state index is 0.635. The van der Waals surface area contributed by atoms with Crippen LogP contribution in [0.4, 0.5) is 5.69 Å². The first-order valence-corrected chi connectivity index (χ1v) is 10.1. The monoisotopic (exact) mass is 357 g/mol. The number of allylic oxidation sites excluding steroid dienone is 3. The third kappa shape index (κ3) is 4.71. The van der Waals surface area contributed by atoms with Gasteiger partial charge in [0, 0.05) is 17.1 Å². The highest BCUT2D eigenvalue weighted by Gasteiger charge is 2.14. The number of aryl methyl sites for hydroxylation is 2. The lowest BCUT2D eigenvalue weighted by atomic mass is 9.96. The highest BCUT2D eigenvalue weighted by atomic mass is 32.1. The fourth-order valence-corrected chi connectivity index (χ4v) is 4.37. The molecule has 0 saturated carbocycles. The number of pyridine rings is 1. The standard InChI is InChI=1S/C19H25N3S.C2H6/c1-12-5-4-6-15(9-12)11-21-16-10-13(2)22-18-14(3)17(7-8-20)23-19(16)18;1-2/h4-6,10,12H,7-9,11,20H2,1-3H3,(H,21,22);1-2H3. The molecule has 0 amide bonds. The Morgan fingerprint density at radius 2 is 2.08 bits per heavy atom. The molecular formula is C21H31N3S. The normalized spacial score (nSPS) is 16.4. The maximum atomic E-state index is 5.75. The van der Waals surface area contributed by atoms with E-state index in [0.29, 0.717) is 12.5 Å². The van der Waals surface area contributed by atoms with Crippen LogP contribution in [0.5, 0.6) is 0 Å². The maximum absolute atomic E-state index is 5.75. The topological polar surface area (TPSA) is 50.9 Å². The largest absolute Gasteiger partial charge is 0.380 e. The van der Waals surface area contributed by atoms with Crippen molar-refractivity contribution in [1.29, 1.82) is 0 Å². The zero-order chi connectivity index (χ0) is 18.4. The molecule has 3 N–H and O–H groups in total. The molecule has 0 bridgehead atoms. The Morgan fingerprint density at radius 1 is 1.32 bits per heavy atom. The van der Waals surface area contributed by atoms with Gasteiger partial charge in [0.2, 0.25) is 0 Å². The van der Waals surface area contributed by atoms with E-state index in [1.165, 1.54) is 26.4 Å². The number of anilines is 1. The lowest BCUT2D eigenvalue weighted by molar-refractivity contribution is 0.701. The Kier molecular flexibility index (Phi) is 7.21. The van der Waals surface area contributed by atoms with Crippen LogP contribution < -0.4 is 11.1 Å². The average Bonchev–Trinajstić information content (AvgIpc) is 2.91. The van der Waals surface area contributed by atoms with Crippen LogP contribution in [0.1, 0.15) is 43.3 Å². The van der Waals surface area contributed by atoms with Gasteiger partial charge in [-0.2, -0.15) is 0 Å². The molecule has 0 fully saturated rings. The van der Waals surface area contributed by atoms with Gasteiger partial charge in [0.1, 0.15) is 0 Å². The molecule has 0 saturated heterocycles. The third-order valence-corrected chi connectivity index (χ3v) is 5.71. The summed E-state index contributed by atoms with van der Waals surface area (Å²) in [6.45, 7) is 12.1. The third-order valence-electron chi connectivity index (χ3n) is 4.33. The fourth-order valence-electron chi connectivity index (χ4n) is 3.12. The van der Waals surface area contributed by atoms with Crippen LogP contribution >= 0.6 is 11.3 Å². The predicted molar refractivity (Wildman–Crippen MR) is 113 cm³/mol. The van der Waals surface area contributed by atoms with Crippen molar-refractivity contribution >= 4 is 27.2 Å². The van der Waals surface area contributed by atoms with Gasteiger partial charge in [-0.15, -0.1) is 11.3 Å². The Bertz CT molecular complexity index is 771. The summed E-state index contributed by atoms with van der Waals surface area (Å²) >= 11 is 1.83. The Labute approximate surface area is 156 Å². The van der Waals surface area contributed by atoms with Crippen molar-refractivity contribution in [1.82, 2.24) is 4.98 Å². The lowest BCUT2D eigenvalue weighted by Crippen LogP contribution is -2.09. The molecule has 0 spiro atoms. The van der Waals surface area contributed by atoms with Gasteiger partial charge in [0.05, 0.1) is 15.9 Å². The first kappa shape index (κ1) is 19.7. The van der Waals surface area contributed by atoms with E-state index in [1.54, 1.807) is 0 Å². The molecule has 25 heavy (non-hydrogen) atoms. The molecule has 2 aromatic rings. The van der Waals surface area contributed by atoms with Crippen molar-refractivity contribution in [2.24, 2.45) is 11.7 Å². The van der Waals surface area contributed by atoms with E-state index in [0.717, 1.165) is 30.6 Å². The van der Waals surface area contributed by atoms with Crippen molar-refractivity contribution < 1.29 is 0 Å². The molecule has 1 aliphatic carbocycles. The summed E-state index contributed by atoms with van der Waals surface area (Å²) < 4.78 is 1.26. The quantitative estimate of drug-likeness (QED) is 0.756. The van der Waals surface area contributed by atoms with Crippen LogP contribution in [0.3, 0.4) is 0 Å². The van der Waals surface area contributed by atoms with E-state index < -0.39 is 0 Å². The first-order chi connectivity index (χ1) is 12.1. The van der Waals surface area contributed by atoms with Gasteiger partial charge in [-0.3, -0.25) is 4.98 Å². The van der Waals surface area contributed by atoms with Crippen LogP contribution in [0.2, 0.25) is 0 Å². The molecule has 136 valence electrons. The zero-order valence-electron chi connectivity index (χ0n) is 16.1. The molecule has 1 aliphatic rings. The number of thiophene rings is 1. The maximum Gasteiger partial charge on any atom is 0.0865 e. The second-order valence-electron chi connectivity index (χ2n) is 6.42. The Morgan fingerprint density at radius 3 is 2.76 bits per heavy atom. The van der Waals surface area contributed by atoms with Gasteiger partial charge in [0.15, 0.2) is 0 Å². The number of fused-ring (bicyclic) bond motifs is 1. The molecule has 0 aliphatic heterocycles. The summed E-state index contributed by atoms with van der Waals surface area (Å²) in [5.41, 5.74) is 11.9. The Balaban J connectivity index is 0.00000109. The highest BCUT2D eigenvalue weighted by molar-refractivity contribution is 7.19. The number of nitrogens with one attached hydrogen (secondary N) is 1. The van der Waals surface area contributed by atoms with E-state index in [1.807, 2.05) is 25.2 Å². The Hall–Kier alpha value is -1.65. The van der Waals surface area contributed by atoms with E-state index in [-0.39, 0.29) is 0 Å². The average molecular weight is 358 g/mol. The molecule has 0 aromatic carbocycles. The summed E-state index contributed by atoms with van der Waals surface area (Å²) in [7, 11) is 0. The summed E-state index contributed by atoms with van der Waals surface area (Å²) in [5.74, 6) is 0.635. The van der Waals surface area contributed by atoms with Gasteiger partial charge in [-0.25, -0.2) is 0 Å². The minimum atomic E-state index is 0.635. The van der Waals surface area contributed by atoms with Crippen molar-refractivity contribution in [3.63, 3.8) is 0 Å². The number of hydrogen-bond donors (Lipinski definition) is 2. The van der Waals surface area contributed by atoms with Gasteiger partial charge in [0.25, 0.3) is 0 Å². The minimum Gasteiger partial charge on any atom is -0.380 e. The smallest absolute Gasteiger partial charge is 0.0865 e. The second-order valence-corrected chi connectivity index (χ2v) is 7.53. The van der Waals surface area contributed by atoms with Gasteiger partial charge in [-0.05, 0) is 50.8 Å². The number of rotatable bonds is 5. The lowest BCUT2D eigenvalue weighted by Gasteiger charge is -2.16. The molecular weight excluding hydrogens is 326 g/mol. The van der Waals surface area contributed by atoms with Crippen molar-refractivity contribution in [2.45, 2.75) is 47.5 Å². The molecule has 2 heterocycles. The highest BCUT2D eigenvalue weighted by Crippen LogP contribution is 2.35. The molecule has 3 rings (SSSR count). The summed E-state index contributed by atoms with van der Waals surface area (Å²) in [5, 5.41) is 3.64. The van der Waals surface area contributed by atoms with Crippen LogP contribution in [-0.4, -0.2) is 18.1 Å². The first-order valence-electron chi connectivity index (χ1n) is 9.28. The van der Waals surface area contributed by atoms with E-state index in [4.69, 9.17) is 10.7 Å². The molecule has 2 aromatic heterocycles. The number of nitrogens with zero attached hydrogens (tertiary/aromatic N) is 1. The summed E-state index contributed by atoms with van der Waals surface area (Å²) in [4.78, 5) is 6.11. The molecule has 3 nitrogen and oxygen atoms in total. The summed E-state index contributed by atoms with van der Waals surface area (Å²) in [6, 6.07) is 2.16. The van der Waals surface area contributed by atoms with Crippen molar-refractivity contribution in [3.8, 4) is 0 Å². The second kappa shape index (κ2) is 9.16.